The van der Waals surface area contributed by atoms with E-state index in [1.54, 1.807) is 0 Å². The molecule has 2 aromatic carbocycles. The molecule has 31 heavy (non-hydrogen) atoms. The first-order valence-corrected chi connectivity index (χ1v) is 13.1. The SMILES string of the molecule is CS(=O)(=O)c1ccc(C(O)C(N)CNC(O)(CCF)c2ccc(S(C)(=O)=O)cc2)cc1. The van der Waals surface area contributed by atoms with Gasteiger partial charge in [-0.2, -0.15) is 0 Å². The molecule has 0 spiro atoms. The first-order valence-electron chi connectivity index (χ1n) is 9.35. The first kappa shape index (κ1) is 25.4. The fourth-order valence-corrected chi connectivity index (χ4v) is 4.27. The molecule has 5 N–H and O–H groups in total. The number of halogens is 1. The number of benzene rings is 2. The van der Waals surface area contributed by atoms with E-state index in [2.05, 4.69) is 5.32 Å². The molecule has 0 radical (unpaired) electrons. The Morgan fingerprint density at radius 1 is 0.968 bits per heavy atom. The molecule has 0 aliphatic heterocycles. The lowest BCUT2D eigenvalue weighted by Gasteiger charge is -2.31. The molecule has 3 atom stereocenters. The lowest BCUT2D eigenvalue weighted by atomic mass is 9.98. The van der Waals surface area contributed by atoms with Gasteiger partial charge in [0.25, 0.3) is 0 Å². The summed E-state index contributed by atoms with van der Waals surface area (Å²) < 4.78 is 59.4. The molecule has 0 aliphatic carbocycles. The van der Waals surface area contributed by atoms with Gasteiger partial charge < -0.3 is 15.9 Å². The summed E-state index contributed by atoms with van der Waals surface area (Å²) in [5, 5.41) is 24.1. The molecule has 0 heterocycles. The highest BCUT2D eigenvalue weighted by atomic mass is 32.2. The zero-order valence-electron chi connectivity index (χ0n) is 17.2. The van der Waals surface area contributed by atoms with Crippen molar-refractivity contribution >= 4 is 19.7 Å². The van der Waals surface area contributed by atoms with Crippen molar-refractivity contribution in [2.75, 3.05) is 25.7 Å². The number of aliphatic hydroxyl groups excluding tert-OH is 1. The second-order valence-corrected chi connectivity index (χ2v) is 11.5. The van der Waals surface area contributed by atoms with Crippen molar-refractivity contribution in [2.24, 2.45) is 5.73 Å². The molecule has 0 aliphatic rings. The predicted molar refractivity (Wildman–Crippen MR) is 115 cm³/mol. The summed E-state index contributed by atoms with van der Waals surface area (Å²) in [6, 6.07) is 10.1. The third-order valence-corrected chi connectivity index (χ3v) is 7.16. The highest BCUT2D eigenvalue weighted by molar-refractivity contribution is 7.91. The molecular formula is C20H27FN2O6S2. The van der Waals surface area contributed by atoms with Crippen molar-refractivity contribution in [1.82, 2.24) is 5.32 Å². The van der Waals surface area contributed by atoms with Crippen LogP contribution in [0.3, 0.4) is 0 Å². The largest absolute Gasteiger partial charge is 0.387 e. The second-order valence-electron chi connectivity index (χ2n) is 7.43. The third kappa shape index (κ3) is 6.55. The number of nitrogens with one attached hydrogen (secondary N) is 1. The molecule has 2 aromatic rings. The van der Waals surface area contributed by atoms with Crippen LogP contribution in [0, 0.1) is 0 Å². The van der Waals surface area contributed by atoms with Crippen LogP contribution < -0.4 is 11.1 Å². The standard InChI is InChI=1S/C20H27FN2O6S2/c1-30(26,27)16-7-3-14(4-8-16)19(24)18(22)13-23-20(25,11-12-21)15-5-9-17(10-6-15)31(2,28)29/h3-10,18-19,23-25H,11-13,22H2,1-2H3. The number of alkyl halides is 1. The van der Waals surface area contributed by atoms with Crippen molar-refractivity contribution in [3.63, 3.8) is 0 Å². The molecule has 0 amide bonds. The first-order chi connectivity index (χ1) is 14.3. The quantitative estimate of drug-likeness (QED) is 0.367. The van der Waals surface area contributed by atoms with Crippen molar-refractivity contribution in [2.45, 2.75) is 34.1 Å². The van der Waals surface area contributed by atoms with Crippen LogP contribution in [0.5, 0.6) is 0 Å². The van der Waals surface area contributed by atoms with Crippen LogP contribution in [0.4, 0.5) is 4.39 Å². The van der Waals surface area contributed by atoms with Gasteiger partial charge in [0, 0.05) is 31.5 Å². The van der Waals surface area contributed by atoms with Crippen molar-refractivity contribution in [3.8, 4) is 0 Å². The lowest BCUT2D eigenvalue weighted by Crippen LogP contribution is -2.49. The molecule has 0 aromatic heterocycles. The molecule has 0 saturated carbocycles. The fourth-order valence-electron chi connectivity index (χ4n) is 3.01. The van der Waals surface area contributed by atoms with Gasteiger partial charge >= 0.3 is 0 Å². The van der Waals surface area contributed by atoms with E-state index in [1.165, 1.54) is 48.5 Å². The summed E-state index contributed by atoms with van der Waals surface area (Å²) in [7, 11) is -6.80. The fraction of sp³-hybridized carbons (Fsp3) is 0.400. The lowest BCUT2D eigenvalue weighted by molar-refractivity contribution is -0.0183. The van der Waals surface area contributed by atoms with E-state index in [0.717, 1.165) is 12.5 Å². The molecule has 0 fully saturated rings. The van der Waals surface area contributed by atoms with Crippen LogP contribution in [-0.2, 0) is 25.4 Å². The van der Waals surface area contributed by atoms with Crippen molar-refractivity contribution in [1.29, 1.82) is 0 Å². The smallest absolute Gasteiger partial charge is 0.175 e. The minimum Gasteiger partial charge on any atom is -0.387 e. The van der Waals surface area contributed by atoms with Gasteiger partial charge in [-0.15, -0.1) is 0 Å². The van der Waals surface area contributed by atoms with Crippen LogP contribution in [0.1, 0.15) is 23.7 Å². The summed E-state index contributed by atoms with van der Waals surface area (Å²) in [4.78, 5) is 0.161. The Kier molecular flexibility index (Phi) is 7.95. The van der Waals surface area contributed by atoms with Gasteiger partial charge in [-0.25, -0.2) is 16.8 Å². The Hall–Kier alpha value is -1.89. The zero-order valence-corrected chi connectivity index (χ0v) is 18.8. The normalized spacial score (nSPS) is 16.5. The predicted octanol–water partition coefficient (Wildman–Crippen LogP) is 0.649. The van der Waals surface area contributed by atoms with E-state index < -0.39 is 44.2 Å². The Balaban J connectivity index is 2.14. The van der Waals surface area contributed by atoms with Crippen molar-refractivity contribution < 1.29 is 31.4 Å². The van der Waals surface area contributed by atoms with Crippen LogP contribution in [0.2, 0.25) is 0 Å². The minimum absolute atomic E-state index is 0.0588. The average Bonchev–Trinajstić information content (AvgIpc) is 2.70. The summed E-state index contributed by atoms with van der Waals surface area (Å²) >= 11 is 0. The van der Waals surface area contributed by atoms with Gasteiger partial charge in [-0.3, -0.25) is 9.71 Å². The Morgan fingerprint density at radius 3 is 1.84 bits per heavy atom. The number of hydrogen-bond donors (Lipinski definition) is 4. The van der Waals surface area contributed by atoms with Crippen LogP contribution in [0.25, 0.3) is 0 Å². The number of aliphatic hydroxyl groups is 2. The van der Waals surface area contributed by atoms with E-state index in [9.17, 15) is 31.4 Å². The second kappa shape index (κ2) is 9.72. The highest BCUT2D eigenvalue weighted by Crippen LogP contribution is 2.25. The third-order valence-electron chi connectivity index (χ3n) is 4.90. The van der Waals surface area contributed by atoms with E-state index in [-0.39, 0.29) is 28.3 Å². The van der Waals surface area contributed by atoms with Crippen molar-refractivity contribution in [3.05, 3.63) is 59.7 Å². The molecule has 11 heteroatoms. The maximum atomic E-state index is 13.1. The highest BCUT2D eigenvalue weighted by Gasteiger charge is 2.30. The van der Waals surface area contributed by atoms with E-state index in [4.69, 9.17) is 5.73 Å². The van der Waals surface area contributed by atoms with Gasteiger partial charge in [-0.05, 0) is 35.4 Å². The average molecular weight is 475 g/mol. The zero-order chi connectivity index (χ0) is 23.4. The Labute approximate surface area is 181 Å². The maximum Gasteiger partial charge on any atom is 0.175 e. The number of rotatable bonds is 10. The van der Waals surface area contributed by atoms with Crippen LogP contribution >= 0.6 is 0 Å². The van der Waals surface area contributed by atoms with Gasteiger partial charge in [0.05, 0.1) is 22.6 Å². The molecule has 172 valence electrons. The minimum atomic E-state index is -3.42. The molecule has 2 rings (SSSR count). The van der Waals surface area contributed by atoms with Gasteiger partial charge in [0.15, 0.2) is 19.7 Å². The van der Waals surface area contributed by atoms with Gasteiger partial charge in [0.1, 0.15) is 5.72 Å². The summed E-state index contributed by atoms with van der Waals surface area (Å²) in [5.41, 5.74) is 4.82. The summed E-state index contributed by atoms with van der Waals surface area (Å²) in [5.74, 6) is 0. The Bertz CT molecular complexity index is 1090. The number of sulfone groups is 2. The van der Waals surface area contributed by atoms with E-state index >= 15 is 0 Å². The number of hydrogen-bond acceptors (Lipinski definition) is 8. The maximum absolute atomic E-state index is 13.1. The van der Waals surface area contributed by atoms with E-state index in [1.807, 2.05) is 0 Å². The van der Waals surface area contributed by atoms with Gasteiger partial charge in [-0.1, -0.05) is 24.3 Å². The summed E-state index contributed by atoms with van der Waals surface area (Å²) in [6.45, 7) is -0.971. The van der Waals surface area contributed by atoms with E-state index in [0.29, 0.717) is 5.56 Å². The Morgan fingerprint density at radius 2 is 1.42 bits per heavy atom. The van der Waals surface area contributed by atoms with Crippen LogP contribution in [0.15, 0.2) is 58.3 Å². The van der Waals surface area contributed by atoms with Gasteiger partial charge in [0.2, 0.25) is 0 Å². The monoisotopic (exact) mass is 474 g/mol. The topological polar surface area (TPSA) is 147 Å². The van der Waals surface area contributed by atoms with Crippen LogP contribution in [-0.4, -0.2) is 58.8 Å². The molecule has 8 nitrogen and oxygen atoms in total. The molecule has 0 saturated heterocycles. The summed E-state index contributed by atoms with van der Waals surface area (Å²) in [6.07, 6.45) is 0.624. The molecule has 3 unspecified atom stereocenters. The molecular weight excluding hydrogens is 447 g/mol. The number of nitrogens with two attached hydrogens (primary N) is 1. The molecule has 0 bridgehead atoms.